The fourth-order valence-electron chi connectivity index (χ4n) is 3.47. The predicted molar refractivity (Wildman–Crippen MR) is 175 cm³/mol. The van der Waals surface area contributed by atoms with Crippen LogP contribution in [0.2, 0.25) is 0 Å². The Morgan fingerprint density at radius 3 is 1.92 bits per heavy atom. The summed E-state index contributed by atoms with van der Waals surface area (Å²) in [6.07, 6.45) is 13.2. The molecule has 1 aromatic heterocycles. The van der Waals surface area contributed by atoms with Crippen LogP contribution >= 0.6 is 0 Å². The molecule has 2 aromatic rings. The molecule has 0 radical (unpaired) electrons. The first-order valence-electron chi connectivity index (χ1n) is 14.2. The average molecular weight is 540 g/mol. The minimum absolute atomic E-state index is 0.135. The standard InChI is InChI=1S/C19H25N3O2.C7H12.3C2H6.C2H2/c1-14-5-10-18(24-14)19(23)21(4)15-6-8-16(9-7-15)22-12-11-17(13-22)20(2)3;1-4-5-6-7(2)3;4*1-2/h5-10,17H,11-13H2,1-4H3;4H,1-2,5-6H2,3H3;3*1-2H3;1-2H. The highest BCUT2D eigenvalue weighted by Crippen LogP contribution is 2.25. The third-order valence-electron chi connectivity index (χ3n) is 5.53. The van der Waals surface area contributed by atoms with Gasteiger partial charge in [-0.1, -0.05) is 53.2 Å². The molecule has 1 unspecified atom stereocenters. The molecule has 1 aliphatic heterocycles. The van der Waals surface area contributed by atoms with Crippen molar-refractivity contribution in [3.05, 3.63) is 72.7 Å². The van der Waals surface area contributed by atoms with E-state index in [4.69, 9.17) is 4.42 Å². The normalized spacial score (nSPS) is 12.8. The number of hydrogen-bond acceptors (Lipinski definition) is 4. The van der Waals surface area contributed by atoms with E-state index in [-0.39, 0.29) is 5.91 Å². The molecule has 1 fully saturated rings. The topological polar surface area (TPSA) is 39.9 Å². The van der Waals surface area contributed by atoms with Crippen molar-refractivity contribution in [2.24, 2.45) is 0 Å². The van der Waals surface area contributed by atoms with E-state index >= 15 is 0 Å². The van der Waals surface area contributed by atoms with Crippen LogP contribution in [-0.4, -0.2) is 51.1 Å². The SMILES string of the molecule is C#C.C=CCCC(=C)C.CC.CC.CC.Cc1ccc(C(=O)N(C)c2ccc(N3CCC(N(C)C)C3)cc2)o1. The summed E-state index contributed by atoms with van der Waals surface area (Å²) in [6.45, 7) is 25.3. The third kappa shape index (κ3) is 15.7. The maximum atomic E-state index is 12.4. The summed E-state index contributed by atoms with van der Waals surface area (Å²) in [5, 5.41) is 0. The Labute approximate surface area is 241 Å². The molecule has 0 spiro atoms. The lowest BCUT2D eigenvalue weighted by molar-refractivity contribution is 0.0965. The third-order valence-corrected chi connectivity index (χ3v) is 5.53. The van der Waals surface area contributed by atoms with Crippen LogP contribution in [0, 0.1) is 19.8 Å². The average Bonchev–Trinajstić information content (AvgIpc) is 3.66. The van der Waals surface area contributed by atoms with Crippen molar-refractivity contribution in [1.82, 2.24) is 4.90 Å². The summed E-state index contributed by atoms with van der Waals surface area (Å²) in [5.41, 5.74) is 3.30. The van der Waals surface area contributed by atoms with Crippen LogP contribution in [0.25, 0.3) is 0 Å². The van der Waals surface area contributed by atoms with Crippen molar-refractivity contribution in [2.45, 2.75) is 80.7 Å². The molecule has 0 bridgehead atoms. The molecule has 0 saturated carbocycles. The molecule has 1 saturated heterocycles. The lowest BCUT2D eigenvalue weighted by Gasteiger charge is -2.23. The number of nitrogens with zero attached hydrogens (tertiary/aromatic N) is 3. The Morgan fingerprint density at radius 1 is 1.03 bits per heavy atom. The molecule has 1 aliphatic rings. The molecule has 0 aliphatic carbocycles. The fourth-order valence-corrected chi connectivity index (χ4v) is 3.47. The lowest BCUT2D eigenvalue weighted by Crippen LogP contribution is -2.31. The van der Waals surface area contributed by atoms with Crippen LogP contribution in [0.15, 0.2) is 65.6 Å². The van der Waals surface area contributed by atoms with Crippen molar-refractivity contribution < 1.29 is 9.21 Å². The van der Waals surface area contributed by atoms with Gasteiger partial charge in [0.05, 0.1) is 0 Å². The summed E-state index contributed by atoms with van der Waals surface area (Å²) in [5.74, 6) is 0.976. The molecular formula is C34H57N3O2. The van der Waals surface area contributed by atoms with Gasteiger partial charge < -0.3 is 19.1 Å². The van der Waals surface area contributed by atoms with E-state index in [0.717, 1.165) is 37.4 Å². The van der Waals surface area contributed by atoms with Crippen LogP contribution in [0.5, 0.6) is 0 Å². The van der Waals surface area contributed by atoms with Gasteiger partial charge >= 0.3 is 0 Å². The molecule has 1 amide bonds. The van der Waals surface area contributed by atoms with Gasteiger partial charge in [0, 0.05) is 37.6 Å². The monoisotopic (exact) mass is 539 g/mol. The second kappa shape index (κ2) is 25.1. The molecule has 220 valence electrons. The van der Waals surface area contributed by atoms with Gasteiger partial charge in [0.25, 0.3) is 5.91 Å². The van der Waals surface area contributed by atoms with Gasteiger partial charge in [-0.3, -0.25) is 4.79 Å². The predicted octanol–water partition coefficient (Wildman–Crippen LogP) is 8.86. The summed E-state index contributed by atoms with van der Waals surface area (Å²) < 4.78 is 5.42. The summed E-state index contributed by atoms with van der Waals surface area (Å²) in [4.78, 5) is 18.7. The smallest absolute Gasteiger partial charge is 0.293 e. The number of likely N-dealkylation sites (N-methyl/N-ethyl adjacent to an activating group) is 1. The van der Waals surface area contributed by atoms with Crippen molar-refractivity contribution in [3.63, 3.8) is 0 Å². The van der Waals surface area contributed by atoms with Crippen molar-refractivity contribution in [3.8, 4) is 12.8 Å². The van der Waals surface area contributed by atoms with Crippen LogP contribution in [-0.2, 0) is 0 Å². The number of anilines is 2. The number of hydrogen-bond donors (Lipinski definition) is 0. The molecule has 1 aromatic carbocycles. The zero-order valence-electron chi connectivity index (χ0n) is 26.9. The number of furan rings is 1. The van der Waals surface area contributed by atoms with E-state index in [1.165, 1.54) is 17.7 Å². The van der Waals surface area contributed by atoms with Crippen LogP contribution in [0.4, 0.5) is 11.4 Å². The number of allylic oxidation sites excluding steroid dienone is 2. The number of rotatable bonds is 7. The molecular weight excluding hydrogens is 482 g/mol. The largest absolute Gasteiger partial charge is 0.456 e. The highest BCUT2D eigenvalue weighted by Gasteiger charge is 2.24. The van der Waals surface area contributed by atoms with Crippen LogP contribution in [0.1, 0.15) is 84.0 Å². The maximum absolute atomic E-state index is 12.4. The minimum atomic E-state index is -0.135. The number of benzene rings is 1. The van der Waals surface area contributed by atoms with Gasteiger partial charge in [0.1, 0.15) is 5.76 Å². The highest BCUT2D eigenvalue weighted by molar-refractivity contribution is 6.03. The van der Waals surface area contributed by atoms with Crippen LogP contribution < -0.4 is 9.80 Å². The van der Waals surface area contributed by atoms with Gasteiger partial charge in [-0.15, -0.1) is 26.0 Å². The zero-order valence-corrected chi connectivity index (χ0v) is 26.9. The van der Waals surface area contributed by atoms with Crippen molar-refractivity contribution >= 4 is 17.3 Å². The molecule has 5 nitrogen and oxygen atoms in total. The summed E-state index contributed by atoms with van der Waals surface area (Å²) in [6, 6.07) is 12.3. The molecule has 39 heavy (non-hydrogen) atoms. The second-order valence-electron chi connectivity index (χ2n) is 8.43. The number of carbonyl (C=O) groups is 1. The van der Waals surface area contributed by atoms with E-state index in [2.05, 4.69) is 62.0 Å². The second-order valence-corrected chi connectivity index (χ2v) is 8.43. The summed E-state index contributed by atoms with van der Waals surface area (Å²) >= 11 is 0. The first-order chi connectivity index (χ1) is 18.7. The number of aryl methyl sites for hydroxylation is 1. The van der Waals surface area contributed by atoms with Gasteiger partial charge in [0.2, 0.25) is 0 Å². The number of terminal acetylenes is 1. The van der Waals surface area contributed by atoms with E-state index in [9.17, 15) is 4.79 Å². The Morgan fingerprint density at radius 2 is 1.56 bits per heavy atom. The number of carbonyl (C=O) groups excluding carboxylic acids is 1. The molecule has 1 atom stereocenters. The van der Waals surface area contributed by atoms with E-state index < -0.39 is 0 Å². The molecule has 2 heterocycles. The quantitative estimate of drug-likeness (QED) is 0.260. The van der Waals surface area contributed by atoms with Gasteiger partial charge in [-0.05, 0) is 83.6 Å². The minimum Gasteiger partial charge on any atom is -0.456 e. The first-order valence-corrected chi connectivity index (χ1v) is 14.2. The number of amides is 1. The Kier molecular flexibility index (Phi) is 25.9. The Hall–Kier alpha value is -3.23. The molecule has 0 N–H and O–H groups in total. The van der Waals surface area contributed by atoms with Crippen molar-refractivity contribution in [2.75, 3.05) is 44.0 Å². The Balaban J connectivity index is -0.000000730. The van der Waals surface area contributed by atoms with Gasteiger partial charge in [-0.25, -0.2) is 0 Å². The van der Waals surface area contributed by atoms with E-state index in [0.29, 0.717) is 11.8 Å². The highest BCUT2D eigenvalue weighted by atomic mass is 16.3. The van der Waals surface area contributed by atoms with Gasteiger partial charge in [-0.2, -0.15) is 0 Å². The zero-order chi connectivity index (χ0) is 31.0. The van der Waals surface area contributed by atoms with Gasteiger partial charge in [0.15, 0.2) is 5.76 Å². The molecule has 5 heteroatoms. The Bertz CT molecular complexity index is 910. The first kappa shape index (κ1) is 40.3. The van der Waals surface area contributed by atoms with E-state index in [1.807, 2.05) is 73.6 Å². The van der Waals surface area contributed by atoms with Crippen molar-refractivity contribution in [1.29, 1.82) is 0 Å². The van der Waals surface area contributed by atoms with Crippen LogP contribution in [0.3, 0.4) is 0 Å². The van der Waals surface area contributed by atoms with E-state index in [1.54, 1.807) is 24.1 Å². The summed E-state index contributed by atoms with van der Waals surface area (Å²) in [7, 11) is 6.04. The molecule has 3 rings (SSSR count). The lowest BCUT2D eigenvalue weighted by atomic mass is 10.2. The fraction of sp³-hybridized carbons (Fsp3) is 0.500. The maximum Gasteiger partial charge on any atom is 0.293 e.